The summed E-state index contributed by atoms with van der Waals surface area (Å²) < 4.78 is 4.42. The minimum Gasteiger partial charge on any atom is -0.469 e. The van der Waals surface area contributed by atoms with Gasteiger partial charge in [0.15, 0.2) is 0 Å². The molecule has 0 bridgehead atoms. The molecule has 0 fully saturated rings. The van der Waals surface area contributed by atoms with E-state index in [0.717, 1.165) is 0 Å². The number of hydrogen-bond donors (Lipinski definition) is 1. The Kier molecular flexibility index (Phi) is 6.40. The van der Waals surface area contributed by atoms with E-state index in [0.29, 0.717) is 6.54 Å². The highest BCUT2D eigenvalue weighted by molar-refractivity contribution is 7.99. The summed E-state index contributed by atoms with van der Waals surface area (Å²) in [5, 5.41) is 2.57. The number of nitrogens with one attached hydrogen (secondary N) is 1. The van der Waals surface area contributed by atoms with Gasteiger partial charge >= 0.3 is 5.97 Å². The monoisotopic (exact) mass is 205 g/mol. The standard InChI is InChI=1S/C8H15NO3S/c1-6(13-3)8(11)9-5-4-7(10)12-2/h6H,4-5H2,1-3H3,(H,9,11). The molecule has 0 saturated carbocycles. The lowest BCUT2D eigenvalue weighted by Gasteiger charge is -2.08. The highest BCUT2D eigenvalue weighted by atomic mass is 32.2. The van der Waals surface area contributed by atoms with Gasteiger partial charge in [-0.15, -0.1) is 0 Å². The van der Waals surface area contributed by atoms with Gasteiger partial charge in [0, 0.05) is 6.54 Å². The van der Waals surface area contributed by atoms with Gasteiger partial charge in [0.1, 0.15) is 0 Å². The van der Waals surface area contributed by atoms with Crippen molar-refractivity contribution in [1.82, 2.24) is 5.32 Å². The maximum absolute atomic E-state index is 11.2. The maximum atomic E-state index is 11.2. The third kappa shape index (κ3) is 5.52. The number of hydrogen-bond acceptors (Lipinski definition) is 4. The van der Waals surface area contributed by atoms with Crippen LogP contribution in [0.4, 0.5) is 0 Å². The van der Waals surface area contributed by atoms with Gasteiger partial charge in [-0.3, -0.25) is 9.59 Å². The van der Waals surface area contributed by atoms with Gasteiger partial charge in [0.2, 0.25) is 5.91 Å². The molecule has 4 nitrogen and oxygen atoms in total. The lowest BCUT2D eigenvalue weighted by atomic mass is 10.4. The Bertz CT molecular complexity index is 184. The Labute approximate surface area is 82.4 Å². The van der Waals surface area contributed by atoms with E-state index in [1.807, 2.05) is 13.2 Å². The molecule has 13 heavy (non-hydrogen) atoms. The molecule has 0 heterocycles. The molecule has 76 valence electrons. The van der Waals surface area contributed by atoms with Gasteiger partial charge in [-0.25, -0.2) is 0 Å². The summed E-state index contributed by atoms with van der Waals surface area (Å²) in [6.45, 7) is 2.16. The predicted octanol–water partition coefficient (Wildman–Crippen LogP) is 0.417. The van der Waals surface area contributed by atoms with Crippen molar-refractivity contribution >= 4 is 23.6 Å². The number of rotatable bonds is 5. The van der Waals surface area contributed by atoms with Gasteiger partial charge in [-0.2, -0.15) is 11.8 Å². The molecule has 0 rings (SSSR count). The molecule has 1 unspecified atom stereocenters. The van der Waals surface area contributed by atoms with Crippen molar-refractivity contribution in [3.05, 3.63) is 0 Å². The van der Waals surface area contributed by atoms with Gasteiger partial charge in [0.25, 0.3) is 0 Å². The molecule has 1 atom stereocenters. The van der Waals surface area contributed by atoms with Crippen LogP contribution in [-0.2, 0) is 14.3 Å². The van der Waals surface area contributed by atoms with Crippen LogP contribution in [0.2, 0.25) is 0 Å². The van der Waals surface area contributed by atoms with Crippen molar-refractivity contribution in [2.24, 2.45) is 0 Å². The highest BCUT2D eigenvalue weighted by Gasteiger charge is 2.10. The van der Waals surface area contributed by atoms with Crippen LogP contribution in [-0.4, -0.2) is 37.0 Å². The van der Waals surface area contributed by atoms with E-state index in [4.69, 9.17) is 0 Å². The first kappa shape index (κ1) is 12.3. The number of carbonyl (C=O) groups is 2. The summed E-state index contributed by atoms with van der Waals surface area (Å²) >= 11 is 1.47. The van der Waals surface area contributed by atoms with Gasteiger partial charge in [0.05, 0.1) is 18.8 Å². The zero-order valence-electron chi connectivity index (χ0n) is 8.12. The second-order valence-electron chi connectivity index (χ2n) is 2.50. The lowest BCUT2D eigenvalue weighted by molar-refractivity contribution is -0.140. The van der Waals surface area contributed by atoms with Crippen LogP contribution >= 0.6 is 11.8 Å². The van der Waals surface area contributed by atoms with Crippen LogP contribution < -0.4 is 5.32 Å². The van der Waals surface area contributed by atoms with Crippen LogP contribution in [0.25, 0.3) is 0 Å². The van der Waals surface area contributed by atoms with Gasteiger partial charge < -0.3 is 10.1 Å². The molecule has 0 radical (unpaired) electrons. The fraction of sp³-hybridized carbons (Fsp3) is 0.750. The van der Waals surface area contributed by atoms with Crippen molar-refractivity contribution in [1.29, 1.82) is 0 Å². The first-order chi connectivity index (χ1) is 6.11. The Hall–Kier alpha value is -0.710. The molecule has 5 heteroatoms. The highest BCUT2D eigenvalue weighted by Crippen LogP contribution is 2.03. The normalized spacial score (nSPS) is 11.9. The number of amides is 1. The Morgan fingerprint density at radius 1 is 1.54 bits per heavy atom. The van der Waals surface area contributed by atoms with E-state index < -0.39 is 0 Å². The molecule has 0 aliphatic heterocycles. The SMILES string of the molecule is COC(=O)CCNC(=O)C(C)SC. The summed E-state index contributed by atoms with van der Waals surface area (Å²) in [4.78, 5) is 21.8. The van der Waals surface area contributed by atoms with E-state index >= 15 is 0 Å². The molecular weight excluding hydrogens is 190 g/mol. The van der Waals surface area contributed by atoms with E-state index in [1.54, 1.807) is 0 Å². The minimum absolute atomic E-state index is 0.0450. The first-order valence-electron chi connectivity index (χ1n) is 3.99. The number of carbonyl (C=O) groups excluding carboxylic acids is 2. The smallest absolute Gasteiger partial charge is 0.307 e. The third-order valence-corrected chi connectivity index (χ3v) is 2.50. The van der Waals surface area contributed by atoms with E-state index in [9.17, 15) is 9.59 Å². The van der Waals surface area contributed by atoms with Gasteiger partial charge in [-0.1, -0.05) is 0 Å². The Morgan fingerprint density at radius 3 is 2.62 bits per heavy atom. The molecule has 0 aromatic carbocycles. The second kappa shape index (κ2) is 6.77. The molecule has 0 saturated heterocycles. The van der Waals surface area contributed by atoms with Crippen molar-refractivity contribution in [3.8, 4) is 0 Å². The van der Waals surface area contributed by atoms with Gasteiger partial charge in [-0.05, 0) is 13.2 Å². The summed E-state index contributed by atoms with van der Waals surface area (Å²) in [5.74, 6) is -0.353. The molecule has 0 aromatic rings. The molecule has 0 spiro atoms. The predicted molar refractivity (Wildman–Crippen MR) is 52.6 cm³/mol. The first-order valence-corrected chi connectivity index (χ1v) is 5.28. The van der Waals surface area contributed by atoms with E-state index in [-0.39, 0.29) is 23.5 Å². The van der Waals surface area contributed by atoms with Crippen molar-refractivity contribution in [3.63, 3.8) is 0 Å². The molecule has 0 aliphatic rings. The molecular formula is C8H15NO3S. The number of esters is 1. The van der Waals surface area contributed by atoms with Crippen molar-refractivity contribution in [2.75, 3.05) is 19.9 Å². The molecule has 0 aromatic heterocycles. The third-order valence-electron chi connectivity index (χ3n) is 1.58. The maximum Gasteiger partial charge on any atom is 0.307 e. The Balaban J connectivity index is 3.53. The largest absolute Gasteiger partial charge is 0.469 e. The quantitative estimate of drug-likeness (QED) is 0.661. The molecule has 1 amide bonds. The fourth-order valence-electron chi connectivity index (χ4n) is 0.641. The zero-order chi connectivity index (χ0) is 10.3. The minimum atomic E-state index is -0.308. The summed E-state index contributed by atoms with van der Waals surface area (Å²) in [7, 11) is 1.33. The fourth-order valence-corrected chi connectivity index (χ4v) is 0.938. The van der Waals surface area contributed by atoms with E-state index in [1.165, 1.54) is 18.9 Å². The van der Waals surface area contributed by atoms with Crippen LogP contribution in [0.15, 0.2) is 0 Å². The van der Waals surface area contributed by atoms with Crippen molar-refractivity contribution < 1.29 is 14.3 Å². The Morgan fingerprint density at radius 2 is 2.15 bits per heavy atom. The van der Waals surface area contributed by atoms with Crippen LogP contribution in [0.5, 0.6) is 0 Å². The topological polar surface area (TPSA) is 55.4 Å². The van der Waals surface area contributed by atoms with Crippen molar-refractivity contribution in [2.45, 2.75) is 18.6 Å². The van der Waals surface area contributed by atoms with E-state index in [2.05, 4.69) is 10.1 Å². The average Bonchev–Trinajstić information content (AvgIpc) is 2.15. The summed E-state index contributed by atoms with van der Waals surface area (Å²) in [5.41, 5.74) is 0. The number of thioether (sulfide) groups is 1. The van der Waals surface area contributed by atoms with Crippen LogP contribution in [0.3, 0.4) is 0 Å². The summed E-state index contributed by atoms with van der Waals surface area (Å²) in [6.07, 6.45) is 2.09. The lowest BCUT2D eigenvalue weighted by Crippen LogP contribution is -2.32. The molecule has 1 N–H and O–H groups in total. The van der Waals surface area contributed by atoms with Crippen LogP contribution in [0.1, 0.15) is 13.3 Å². The molecule has 0 aliphatic carbocycles. The summed E-state index contributed by atoms with van der Waals surface area (Å²) in [6, 6.07) is 0. The average molecular weight is 205 g/mol. The second-order valence-corrected chi connectivity index (χ2v) is 3.67. The number of ether oxygens (including phenoxy) is 1. The zero-order valence-corrected chi connectivity index (χ0v) is 8.94. The number of methoxy groups -OCH3 is 1. The van der Waals surface area contributed by atoms with Crippen LogP contribution in [0, 0.1) is 0 Å².